The van der Waals surface area contributed by atoms with E-state index in [2.05, 4.69) is 5.32 Å². The van der Waals surface area contributed by atoms with Crippen LogP contribution in [0.1, 0.15) is 25.8 Å². The van der Waals surface area contributed by atoms with Crippen molar-refractivity contribution in [2.45, 2.75) is 32.7 Å². The highest BCUT2D eigenvalue weighted by molar-refractivity contribution is 5.76. The van der Waals surface area contributed by atoms with Gasteiger partial charge in [0.1, 0.15) is 11.5 Å². The van der Waals surface area contributed by atoms with E-state index in [1.54, 1.807) is 14.2 Å². The largest absolute Gasteiger partial charge is 0.497 e. The monoisotopic (exact) mass is 251 g/mol. The number of amides is 1. The lowest BCUT2D eigenvalue weighted by atomic mass is 10.1. The van der Waals surface area contributed by atoms with Gasteiger partial charge in [-0.05, 0) is 44.0 Å². The first-order valence-electron chi connectivity index (χ1n) is 6.07. The van der Waals surface area contributed by atoms with Gasteiger partial charge in [-0.1, -0.05) is 0 Å². The average Bonchev–Trinajstić information content (AvgIpc) is 2.35. The molecule has 0 atom stereocenters. The maximum absolute atomic E-state index is 11.6. The molecule has 100 valence electrons. The molecular weight excluding hydrogens is 230 g/mol. The van der Waals surface area contributed by atoms with E-state index < -0.39 is 0 Å². The summed E-state index contributed by atoms with van der Waals surface area (Å²) in [6.07, 6.45) is 1.08. The van der Waals surface area contributed by atoms with Crippen molar-refractivity contribution in [3.05, 3.63) is 23.8 Å². The minimum atomic E-state index is 0.0508. The number of nitrogens with one attached hydrogen (secondary N) is 1. The molecule has 0 bridgehead atoms. The quantitative estimate of drug-likeness (QED) is 0.842. The Morgan fingerprint density at radius 2 is 2.00 bits per heavy atom. The molecule has 0 saturated heterocycles. The Morgan fingerprint density at radius 3 is 2.56 bits per heavy atom. The minimum absolute atomic E-state index is 0.0508. The van der Waals surface area contributed by atoms with Crippen molar-refractivity contribution in [2.24, 2.45) is 0 Å². The van der Waals surface area contributed by atoms with Gasteiger partial charge < -0.3 is 14.8 Å². The van der Waals surface area contributed by atoms with Crippen molar-refractivity contribution < 1.29 is 14.3 Å². The molecule has 0 aliphatic rings. The van der Waals surface area contributed by atoms with E-state index in [1.165, 1.54) is 0 Å². The van der Waals surface area contributed by atoms with E-state index in [-0.39, 0.29) is 11.9 Å². The number of carbonyl (C=O) groups is 1. The predicted molar refractivity (Wildman–Crippen MR) is 71.1 cm³/mol. The Labute approximate surface area is 108 Å². The highest BCUT2D eigenvalue weighted by Crippen LogP contribution is 2.24. The van der Waals surface area contributed by atoms with Crippen LogP contribution in [0, 0.1) is 0 Å². The number of hydrogen-bond acceptors (Lipinski definition) is 3. The zero-order chi connectivity index (χ0) is 13.5. The molecule has 0 aliphatic heterocycles. The molecule has 0 saturated carbocycles. The van der Waals surface area contributed by atoms with E-state index in [0.29, 0.717) is 12.8 Å². The molecule has 1 amide bonds. The third kappa shape index (κ3) is 4.28. The normalized spacial score (nSPS) is 10.3. The number of methoxy groups -OCH3 is 2. The van der Waals surface area contributed by atoms with Crippen molar-refractivity contribution >= 4 is 5.91 Å². The molecule has 0 radical (unpaired) electrons. The van der Waals surface area contributed by atoms with Crippen LogP contribution < -0.4 is 14.8 Å². The summed E-state index contributed by atoms with van der Waals surface area (Å²) >= 11 is 0. The molecule has 1 N–H and O–H groups in total. The molecule has 0 heterocycles. The van der Waals surface area contributed by atoms with Crippen LogP contribution in [0.25, 0.3) is 0 Å². The molecule has 4 heteroatoms. The summed E-state index contributed by atoms with van der Waals surface area (Å²) in [6.45, 7) is 3.90. The highest BCUT2D eigenvalue weighted by atomic mass is 16.5. The van der Waals surface area contributed by atoms with E-state index >= 15 is 0 Å². The standard InChI is InChI=1S/C14H21NO3/c1-10(2)15-14(16)8-5-11-9-12(17-3)6-7-13(11)18-4/h6-7,9-10H,5,8H2,1-4H3,(H,15,16). The number of hydrogen-bond donors (Lipinski definition) is 1. The summed E-state index contributed by atoms with van der Waals surface area (Å²) in [5, 5.41) is 2.87. The summed E-state index contributed by atoms with van der Waals surface area (Å²) in [6, 6.07) is 5.77. The third-order valence-electron chi connectivity index (χ3n) is 2.56. The minimum Gasteiger partial charge on any atom is -0.497 e. The fourth-order valence-corrected chi connectivity index (χ4v) is 1.72. The second-order valence-corrected chi connectivity index (χ2v) is 4.40. The van der Waals surface area contributed by atoms with E-state index in [0.717, 1.165) is 17.1 Å². The zero-order valence-electron chi connectivity index (χ0n) is 11.4. The molecule has 1 aromatic carbocycles. The van der Waals surface area contributed by atoms with Gasteiger partial charge in [0.2, 0.25) is 5.91 Å². The van der Waals surface area contributed by atoms with Gasteiger partial charge >= 0.3 is 0 Å². The van der Waals surface area contributed by atoms with Crippen LogP contribution in [0.4, 0.5) is 0 Å². The molecule has 0 spiro atoms. The Bertz CT molecular complexity index is 402. The van der Waals surface area contributed by atoms with E-state index in [9.17, 15) is 4.79 Å². The van der Waals surface area contributed by atoms with Crippen LogP contribution in [0.3, 0.4) is 0 Å². The summed E-state index contributed by atoms with van der Waals surface area (Å²) in [5.74, 6) is 1.61. The molecule has 0 aromatic heterocycles. The number of carbonyl (C=O) groups excluding carboxylic acids is 1. The topological polar surface area (TPSA) is 47.6 Å². The fourth-order valence-electron chi connectivity index (χ4n) is 1.72. The molecule has 0 fully saturated rings. The van der Waals surface area contributed by atoms with Crippen LogP contribution in [-0.4, -0.2) is 26.2 Å². The molecule has 1 rings (SSSR count). The first-order chi connectivity index (χ1) is 8.56. The van der Waals surface area contributed by atoms with Gasteiger partial charge in [-0.2, -0.15) is 0 Å². The molecule has 0 unspecified atom stereocenters. The van der Waals surface area contributed by atoms with Crippen molar-refractivity contribution in [1.29, 1.82) is 0 Å². The first-order valence-corrected chi connectivity index (χ1v) is 6.07. The van der Waals surface area contributed by atoms with Gasteiger partial charge in [0, 0.05) is 12.5 Å². The molecule has 0 aliphatic carbocycles. The fraction of sp³-hybridized carbons (Fsp3) is 0.500. The van der Waals surface area contributed by atoms with Crippen molar-refractivity contribution in [1.82, 2.24) is 5.32 Å². The van der Waals surface area contributed by atoms with Gasteiger partial charge in [0.15, 0.2) is 0 Å². The lowest BCUT2D eigenvalue weighted by Crippen LogP contribution is -2.30. The smallest absolute Gasteiger partial charge is 0.220 e. The van der Waals surface area contributed by atoms with Gasteiger partial charge in [-0.3, -0.25) is 4.79 Å². The van der Waals surface area contributed by atoms with Gasteiger partial charge in [-0.25, -0.2) is 0 Å². The van der Waals surface area contributed by atoms with Crippen LogP contribution in [-0.2, 0) is 11.2 Å². The van der Waals surface area contributed by atoms with Crippen LogP contribution in [0.15, 0.2) is 18.2 Å². The summed E-state index contributed by atoms with van der Waals surface area (Å²) < 4.78 is 10.4. The number of benzene rings is 1. The average molecular weight is 251 g/mol. The van der Waals surface area contributed by atoms with Crippen molar-refractivity contribution in [2.75, 3.05) is 14.2 Å². The zero-order valence-corrected chi connectivity index (χ0v) is 11.4. The second kappa shape index (κ2) is 6.89. The van der Waals surface area contributed by atoms with Crippen molar-refractivity contribution in [3.8, 4) is 11.5 Å². The van der Waals surface area contributed by atoms with Crippen LogP contribution in [0.5, 0.6) is 11.5 Å². The summed E-state index contributed by atoms with van der Waals surface area (Å²) in [7, 11) is 3.25. The van der Waals surface area contributed by atoms with Crippen LogP contribution >= 0.6 is 0 Å². The number of aryl methyl sites for hydroxylation is 1. The lowest BCUT2D eigenvalue weighted by molar-refractivity contribution is -0.121. The first kappa shape index (κ1) is 14.4. The second-order valence-electron chi connectivity index (χ2n) is 4.40. The van der Waals surface area contributed by atoms with Gasteiger partial charge in [0.05, 0.1) is 14.2 Å². The van der Waals surface area contributed by atoms with E-state index in [1.807, 2.05) is 32.0 Å². The summed E-state index contributed by atoms with van der Waals surface area (Å²) in [5.41, 5.74) is 0.982. The van der Waals surface area contributed by atoms with Crippen LogP contribution in [0.2, 0.25) is 0 Å². The van der Waals surface area contributed by atoms with E-state index in [4.69, 9.17) is 9.47 Å². The van der Waals surface area contributed by atoms with Gasteiger partial charge in [-0.15, -0.1) is 0 Å². The summed E-state index contributed by atoms with van der Waals surface area (Å²) in [4.78, 5) is 11.6. The Morgan fingerprint density at radius 1 is 1.28 bits per heavy atom. The molecule has 1 aromatic rings. The maximum atomic E-state index is 11.6. The Balaban J connectivity index is 2.67. The Kier molecular flexibility index (Phi) is 5.49. The molecular formula is C14H21NO3. The number of rotatable bonds is 6. The molecule has 18 heavy (non-hydrogen) atoms. The lowest BCUT2D eigenvalue weighted by Gasteiger charge is -2.11. The SMILES string of the molecule is COc1ccc(OC)c(CCC(=O)NC(C)C)c1. The maximum Gasteiger partial charge on any atom is 0.220 e. The number of ether oxygens (including phenoxy) is 2. The highest BCUT2D eigenvalue weighted by Gasteiger charge is 2.08. The van der Waals surface area contributed by atoms with Crippen molar-refractivity contribution in [3.63, 3.8) is 0 Å². The molecule has 4 nitrogen and oxygen atoms in total. The predicted octanol–water partition coefficient (Wildman–Crippen LogP) is 2.16. The third-order valence-corrected chi connectivity index (χ3v) is 2.56. The Hall–Kier alpha value is -1.71. The van der Waals surface area contributed by atoms with Gasteiger partial charge in [0.25, 0.3) is 0 Å².